The second kappa shape index (κ2) is 6.33. The third kappa shape index (κ3) is 3.27. The summed E-state index contributed by atoms with van der Waals surface area (Å²) in [5, 5.41) is 9.40. The maximum atomic E-state index is 11.7. The molecule has 1 rings (SSSR count). The number of unbranched alkanes of at least 4 members (excludes halogenated alkanes) is 1. The zero-order valence-electron chi connectivity index (χ0n) is 8.47. The standard InChI is InChI=1S/C11H11Cl3O2/c12-6-2-1-3-8(15)7-4-5-9(16)11(14)10(7)13/h4-5,16H,1-3,6H2. The summed E-state index contributed by atoms with van der Waals surface area (Å²) in [7, 11) is 0. The summed E-state index contributed by atoms with van der Waals surface area (Å²) in [5.74, 6) is 0.332. The van der Waals surface area contributed by atoms with Crippen molar-refractivity contribution in [3.8, 4) is 5.75 Å². The SMILES string of the molecule is O=C(CCCCCl)c1ccc(O)c(Cl)c1Cl. The van der Waals surface area contributed by atoms with Crippen molar-refractivity contribution in [2.75, 3.05) is 5.88 Å². The van der Waals surface area contributed by atoms with Crippen molar-refractivity contribution in [2.24, 2.45) is 0 Å². The predicted molar refractivity (Wildman–Crippen MR) is 67.0 cm³/mol. The van der Waals surface area contributed by atoms with Crippen molar-refractivity contribution in [1.29, 1.82) is 0 Å². The summed E-state index contributed by atoms with van der Waals surface area (Å²) in [5.41, 5.74) is 0.346. The fourth-order valence-corrected chi connectivity index (χ4v) is 1.89. The zero-order chi connectivity index (χ0) is 12.1. The van der Waals surface area contributed by atoms with Gasteiger partial charge >= 0.3 is 0 Å². The lowest BCUT2D eigenvalue weighted by atomic mass is 10.1. The highest BCUT2D eigenvalue weighted by Crippen LogP contribution is 2.34. The minimum atomic E-state index is -0.121. The van der Waals surface area contributed by atoms with Gasteiger partial charge in [0.25, 0.3) is 0 Å². The Bertz CT molecular complexity index is 391. The lowest BCUT2D eigenvalue weighted by Crippen LogP contribution is -2.00. The lowest BCUT2D eigenvalue weighted by Gasteiger charge is -2.06. The number of ketones is 1. The van der Waals surface area contributed by atoms with Crippen molar-refractivity contribution in [3.05, 3.63) is 27.7 Å². The molecule has 0 aliphatic rings. The van der Waals surface area contributed by atoms with E-state index in [2.05, 4.69) is 0 Å². The predicted octanol–water partition coefficient (Wildman–Crippen LogP) is 4.29. The maximum absolute atomic E-state index is 11.7. The van der Waals surface area contributed by atoms with E-state index in [0.717, 1.165) is 12.8 Å². The molecular formula is C11H11Cl3O2. The molecule has 1 N–H and O–H groups in total. The van der Waals surface area contributed by atoms with Gasteiger partial charge in [-0.25, -0.2) is 0 Å². The van der Waals surface area contributed by atoms with Crippen LogP contribution in [0.1, 0.15) is 29.6 Å². The van der Waals surface area contributed by atoms with E-state index in [4.69, 9.17) is 34.8 Å². The summed E-state index contributed by atoms with van der Waals surface area (Å²) >= 11 is 17.1. The molecule has 5 heteroatoms. The number of alkyl halides is 1. The Labute approximate surface area is 109 Å². The molecule has 0 fully saturated rings. The van der Waals surface area contributed by atoms with Gasteiger partial charge in [0.2, 0.25) is 0 Å². The maximum Gasteiger partial charge on any atom is 0.164 e. The molecule has 0 saturated heterocycles. The molecule has 1 aromatic carbocycles. The Kier molecular flexibility index (Phi) is 5.39. The molecule has 0 aromatic heterocycles. The molecule has 2 nitrogen and oxygen atoms in total. The van der Waals surface area contributed by atoms with Crippen molar-refractivity contribution in [2.45, 2.75) is 19.3 Å². The number of rotatable bonds is 5. The molecule has 0 unspecified atom stereocenters. The van der Waals surface area contributed by atoms with Crippen LogP contribution in [-0.4, -0.2) is 16.8 Å². The van der Waals surface area contributed by atoms with Crippen LogP contribution in [0.5, 0.6) is 5.75 Å². The number of hydrogen-bond donors (Lipinski definition) is 1. The molecule has 0 aliphatic heterocycles. The number of carbonyl (C=O) groups is 1. The molecule has 0 aliphatic carbocycles. The number of phenolic OH excluding ortho intramolecular Hbond substituents is 1. The van der Waals surface area contributed by atoms with E-state index >= 15 is 0 Å². The van der Waals surface area contributed by atoms with E-state index in [1.807, 2.05) is 0 Å². The normalized spacial score (nSPS) is 10.4. The first-order valence-corrected chi connectivity index (χ1v) is 6.13. The summed E-state index contributed by atoms with van der Waals surface area (Å²) in [4.78, 5) is 11.7. The van der Waals surface area contributed by atoms with Crippen molar-refractivity contribution >= 4 is 40.6 Å². The van der Waals surface area contributed by atoms with Gasteiger partial charge in [-0.05, 0) is 25.0 Å². The van der Waals surface area contributed by atoms with Gasteiger partial charge in [-0.1, -0.05) is 23.2 Å². The molecule has 88 valence electrons. The molecule has 0 bridgehead atoms. The minimum Gasteiger partial charge on any atom is -0.506 e. The first-order valence-electron chi connectivity index (χ1n) is 4.84. The van der Waals surface area contributed by atoms with Gasteiger partial charge in [-0.2, -0.15) is 0 Å². The first kappa shape index (κ1) is 13.6. The van der Waals surface area contributed by atoms with Gasteiger partial charge in [0.1, 0.15) is 10.8 Å². The Hall–Kier alpha value is -0.440. The van der Waals surface area contributed by atoms with Crippen LogP contribution in [0.2, 0.25) is 10.0 Å². The number of Topliss-reactive ketones (excluding diaryl/α,β-unsaturated/α-hetero) is 1. The average molecular weight is 282 g/mol. The van der Waals surface area contributed by atoms with E-state index in [0.29, 0.717) is 17.9 Å². The molecule has 0 saturated carbocycles. The number of benzene rings is 1. The lowest BCUT2D eigenvalue weighted by molar-refractivity contribution is 0.0980. The fraction of sp³-hybridized carbons (Fsp3) is 0.364. The van der Waals surface area contributed by atoms with Gasteiger partial charge in [-0.15, -0.1) is 11.6 Å². The van der Waals surface area contributed by atoms with Crippen LogP contribution in [-0.2, 0) is 0 Å². The molecule has 0 heterocycles. The summed E-state index contributed by atoms with van der Waals surface area (Å²) < 4.78 is 0. The Balaban J connectivity index is 2.80. The monoisotopic (exact) mass is 280 g/mol. The number of aromatic hydroxyl groups is 1. The van der Waals surface area contributed by atoms with E-state index in [1.54, 1.807) is 0 Å². The third-order valence-electron chi connectivity index (χ3n) is 2.15. The Morgan fingerprint density at radius 3 is 2.50 bits per heavy atom. The molecule has 16 heavy (non-hydrogen) atoms. The molecular weight excluding hydrogens is 270 g/mol. The van der Waals surface area contributed by atoms with Gasteiger partial charge in [0.15, 0.2) is 5.78 Å². The highest BCUT2D eigenvalue weighted by molar-refractivity contribution is 6.44. The van der Waals surface area contributed by atoms with Gasteiger partial charge < -0.3 is 5.11 Å². The highest BCUT2D eigenvalue weighted by atomic mass is 35.5. The number of carbonyl (C=O) groups excluding carboxylic acids is 1. The van der Waals surface area contributed by atoms with Crippen LogP contribution in [0.4, 0.5) is 0 Å². The highest BCUT2D eigenvalue weighted by Gasteiger charge is 2.14. The fourth-order valence-electron chi connectivity index (χ4n) is 1.27. The van der Waals surface area contributed by atoms with Crippen molar-refractivity contribution < 1.29 is 9.90 Å². The summed E-state index contributed by atoms with van der Waals surface area (Å²) in [6.45, 7) is 0. The first-order chi connectivity index (χ1) is 7.57. The molecule has 1 aromatic rings. The topological polar surface area (TPSA) is 37.3 Å². The quantitative estimate of drug-likeness (QED) is 0.496. The molecule has 0 spiro atoms. The van der Waals surface area contributed by atoms with E-state index in [-0.39, 0.29) is 21.6 Å². The van der Waals surface area contributed by atoms with Crippen LogP contribution >= 0.6 is 34.8 Å². The molecule has 0 atom stereocenters. The van der Waals surface area contributed by atoms with Crippen LogP contribution in [0.15, 0.2) is 12.1 Å². The average Bonchev–Trinajstić information content (AvgIpc) is 2.26. The number of phenols is 1. The van der Waals surface area contributed by atoms with Gasteiger partial charge in [-0.3, -0.25) is 4.79 Å². The zero-order valence-corrected chi connectivity index (χ0v) is 10.7. The second-order valence-electron chi connectivity index (χ2n) is 3.33. The third-order valence-corrected chi connectivity index (χ3v) is 3.29. The summed E-state index contributed by atoms with van der Waals surface area (Å²) in [6.07, 6.45) is 1.89. The van der Waals surface area contributed by atoms with Crippen LogP contribution in [0, 0.1) is 0 Å². The largest absolute Gasteiger partial charge is 0.506 e. The Morgan fingerprint density at radius 2 is 1.88 bits per heavy atom. The van der Waals surface area contributed by atoms with E-state index < -0.39 is 0 Å². The van der Waals surface area contributed by atoms with Crippen molar-refractivity contribution in [1.82, 2.24) is 0 Å². The van der Waals surface area contributed by atoms with Crippen LogP contribution in [0.25, 0.3) is 0 Å². The molecule has 0 radical (unpaired) electrons. The van der Waals surface area contributed by atoms with Crippen molar-refractivity contribution in [3.63, 3.8) is 0 Å². The van der Waals surface area contributed by atoms with Gasteiger partial charge in [0.05, 0.1) is 5.02 Å². The second-order valence-corrected chi connectivity index (χ2v) is 4.46. The summed E-state index contributed by atoms with van der Waals surface area (Å²) in [6, 6.07) is 2.84. The smallest absolute Gasteiger partial charge is 0.164 e. The van der Waals surface area contributed by atoms with Crippen LogP contribution < -0.4 is 0 Å². The minimum absolute atomic E-state index is 0.0184. The van der Waals surface area contributed by atoms with E-state index in [1.165, 1.54) is 12.1 Å². The number of halogens is 3. The molecule has 0 amide bonds. The Morgan fingerprint density at radius 1 is 1.19 bits per heavy atom. The number of hydrogen-bond acceptors (Lipinski definition) is 2. The van der Waals surface area contributed by atoms with E-state index in [9.17, 15) is 9.90 Å². The van der Waals surface area contributed by atoms with Crippen LogP contribution in [0.3, 0.4) is 0 Å². The van der Waals surface area contributed by atoms with Gasteiger partial charge in [0, 0.05) is 17.9 Å².